The number of nitrogens with zero attached hydrogens (tertiary/aromatic N) is 4. The highest BCUT2D eigenvalue weighted by atomic mass is 19.4. The largest absolute Gasteiger partial charge is 0.490 e. The third kappa shape index (κ3) is 15.0. The molecule has 1 aromatic heterocycles. The van der Waals surface area contributed by atoms with Gasteiger partial charge in [-0.05, 0) is 128 Å². The lowest BCUT2D eigenvalue weighted by atomic mass is 9.81. The third-order valence-electron chi connectivity index (χ3n) is 10.4. The van der Waals surface area contributed by atoms with Crippen LogP contribution in [0.1, 0.15) is 67.4 Å². The molecule has 328 valence electrons. The van der Waals surface area contributed by atoms with E-state index in [4.69, 9.17) is 15.0 Å². The molecule has 19 heteroatoms. The Morgan fingerprint density at radius 1 is 0.885 bits per heavy atom. The molecule has 0 aliphatic heterocycles. The summed E-state index contributed by atoms with van der Waals surface area (Å²) in [6.45, 7) is 10.2. The maximum Gasteiger partial charge on any atom is 0.490 e. The Bertz CT molecular complexity index is 2050. The average Bonchev–Trinajstić information content (AvgIpc) is 3.79. The van der Waals surface area contributed by atoms with Crippen molar-refractivity contribution >= 4 is 35.5 Å². The van der Waals surface area contributed by atoms with E-state index in [1.165, 1.54) is 0 Å². The molecule has 1 aliphatic rings. The number of carbonyl (C=O) groups excluding carboxylic acids is 3. The van der Waals surface area contributed by atoms with Crippen LogP contribution in [-0.2, 0) is 20.8 Å². The van der Waals surface area contributed by atoms with Gasteiger partial charge in [0, 0.05) is 42.2 Å². The lowest BCUT2D eigenvalue weighted by Crippen LogP contribution is -2.48. The number of hydrogen-bond acceptors (Lipinski definition) is 9. The molecule has 0 saturated heterocycles. The molecule has 3 aromatic carbocycles. The molecule has 0 spiro atoms. The smallest absolute Gasteiger partial charge is 0.475 e. The number of halogens is 3. The highest BCUT2D eigenvalue weighted by Crippen LogP contribution is 2.29. The molecule has 0 bridgehead atoms. The molecule has 61 heavy (non-hydrogen) atoms. The number of tetrazole rings is 1. The fourth-order valence-electron chi connectivity index (χ4n) is 6.85. The van der Waals surface area contributed by atoms with E-state index in [1.807, 2.05) is 49.4 Å². The molecule has 1 saturated carbocycles. The molecule has 5 rings (SSSR count). The van der Waals surface area contributed by atoms with Gasteiger partial charge in [-0.25, -0.2) is 9.59 Å². The quantitative estimate of drug-likeness (QED) is 0.0639. The van der Waals surface area contributed by atoms with E-state index in [0.717, 1.165) is 66.7 Å². The summed E-state index contributed by atoms with van der Waals surface area (Å²) in [5.41, 5.74) is 5.65. The summed E-state index contributed by atoms with van der Waals surface area (Å²) in [4.78, 5) is 62.5. The van der Waals surface area contributed by atoms with Gasteiger partial charge in [0.15, 0.2) is 0 Å². The number of anilines is 1. The molecule has 1 atom stereocenters. The average molecular weight is 852 g/mol. The van der Waals surface area contributed by atoms with Gasteiger partial charge in [0.2, 0.25) is 17.6 Å². The second-order valence-corrected chi connectivity index (χ2v) is 14.6. The molecule has 16 nitrogen and oxygen atoms in total. The van der Waals surface area contributed by atoms with Crippen LogP contribution in [0.5, 0.6) is 0 Å². The van der Waals surface area contributed by atoms with Crippen LogP contribution in [0.4, 0.5) is 23.7 Å². The highest BCUT2D eigenvalue weighted by Gasteiger charge is 2.38. The predicted molar refractivity (Wildman–Crippen MR) is 220 cm³/mol. The van der Waals surface area contributed by atoms with E-state index in [1.54, 1.807) is 24.3 Å². The molecule has 4 aromatic rings. The Kier molecular flexibility index (Phi) is 17.7. The third-order valence-corrected chi connectivity index (χ3v) is 10.4. The minimum Gasteiger partial charge on any atom is -0.475 e. The molecule has 1 heterocycles. The maximum absolute atomic E-state index is 13.8. The van der Waals surface area contributed by atoms with Crippen LogP contribution in [-0.4, -0.2) is 110 Å². The van der Waals surface area contributed by atoms with Crippen molar-refractivity contribution < 1.29 is 47.4 Å². The topological polar surface area (TPSA) is 232 Å². The summed E-state index contributed by atoms with van der Waals surface area (Å²) >= 11 is 0. The highest BCUT2D eigenvalue weighted by molar-refractivity contribution is 5.98. The fraction of sp³-hybridized carbons (Fsp3) is 0.429. The van der Waals surface area contributed by atoms with E-state index in [2.05, 4.69) is 60.6 Å². The van der Waals surface area contributed by atoms with Gasteiger partial charge >= 0.3 is 18.2 Å². The van der Waals surface area contributed by atoms with E-state index in [9.17, 15) is 32.3 Å². The van der Waals surface area contributed by atoms with Gasteiger partial charge in [-0.1, -0.05) is 44.2 Å². The maximum atomic E-state index is 13.8. The van der Waals surface area contributed by atoms with Crippen molar-refractivity contribution in [2.75, 3.05) is 38.0 Å². The van der Waals surface area contributed by atoms with Crippen molar-refractivity contribution in [1.29, 1.82) is 0 Å². The van der Waals surface area contributed by atoms with Crippen molar-refractivity contribution in [3.05, 3.63) is 83.4 Å². The molecule has 4 amide bonds. The number of amides is 4. The van der Waals surface area contributed by atoms with Gasteiger partial charge in [-0.15, -0.1) is 10.2 Å². The molecular weight excluding hydrogens is 800 g/mol. The Morgan fingerprint density at radius 3 is 2.10 bits per heavy atom. The number of rotatable bonds is 17. The van der Waals surface area contributed by atoms with E-state index >= 15 is 0 Å². The van der Waals surface area contributed by atoms with Gasteiger partial charge in [0.05, 0.1) is 0 Å². The number of H-pyrrole nitrogens is 1. The summed E-state index contributed by atoms with van der Waals surface area (Å²) in [6.07, 6.45) is -2.31. The lowest BCUT2D eigenvalue weighted by molar-refractivity contribution is -0.192. The number of aromatic amines is 1. The number of nitrogens with one attached hydrogen (secondary N) is 5. The fourth-order valence-corrected chi connectivity index (χ4v) is 6.85. The minimum atomic E-state index is -5.08. The van der Waals surface area contributed by atoms with Gasteiger partial charge < -0.3 is 36.4 Å². The SMILES string of the molecule is CCN(CC)CCCNC(=O)c1ccc(C)c(-c2ccc(C[C@H](NC(=O)C3CCC(CNC(=O)O)CC3)C(=O)Nc3ccc(-c4nn[nH]n4)cc3)cc2)c1.O=C(O)C(F)(F)F. The van der Waals surface area contributed by atoms with Crippen LogP contribution in [0.3, 0.4) is 0 Å². The van der Waals surface area contributed by atoms with Crippen LogP contribution in [0.25, 0.3) is 22.5 Å². The van der Waals surface area contributed by atoms with Crippen LogP contribution in [0.15, 0.2) is 66.7 Å². The Morgan fingerprint density at radius 2 is 1.52 bits per heavy atom. The molecule has 1 fully saturated rings. The minimum absolute atomic E-state index is 0.105. The molecule has 7 N–H and O–H groups in total. The molecule has 0 unspecified atom stereocenters. The van der Waals surface area contributed by atoms with Crippen molar-refractivity contribution in [2.45, 2.75) is 71.5 Å². The number of benzene rings is 3. The van der Waals surface area contributed by atoms with Gasteiger partial charge in [0.1, 0.15) is 6.04 Å². The van der Waals surface area contributed by atoms with Crippen LogP contribution in [0.2, 0.25) is 0 Å². The zero-order valence-corrected chi connectivity index (χ0v) is 34.2. The van der Waals surface area contributed by atoms with Crippen molar-refractivity contribution in [3.8, 4) is 22.5 Å². The zero-order valence-electron chi connectivity index (χ0n) is 34.2. The van der Waals surface area contributed by atoms with Crippen LogP contribution >= 0.6 is 0 Å². The summed E-state index contributed by atoms with van der Waals surface area (Å²) in [7, 11) is 0. The Labute approximate surface area is 351 Å². The first-order valence-electron chi connectivity index (χ1n) is 20.0. The standard InChI is InChI=1S/C40H51N9O5.C2HF3O2/c1-4-49(5-2)22-6-21-41-37(50)32-12-7-26(3)34(24-32)29-13-8-27(9-14-29)23-35(44-38(51)31-15-10-28(11-16-31)25-42-40(53)54)39(52)43-33-19-17-30(18-20-33)36-45-47-48-46-36;3-2(4,5)1(6)7/h7-9,12-14,17-20,24,28,31,35,42H,4-6,10-11,15-16,21-23,25H2,1-3H3,(H,41,50)(H,43,52)(H,44,51)(H,53,54)(H,45,46,47,48);(H,6,7)/t28?,31?,35-;/m0./s1. The van der Waals surface area contributed by atoms with Crippen LogP contribution in [0, 0.1) is 18.8 Å². The van der Waals surface area contributed by atoms with E-state index in [0.29, 0.717) is 43.0 Å². The molecular formula is C42H52F3N9O7. The molecule has 0 radical (unpaired) electrons. The monoisotopic (exact) mass is 851 g/mol. The lowest BCUT2D eigenvalue weighted by Gasteiger charge is -2.29. The van der Waals surface area contributed by atoms with Gasteiger partial charge in [-0.3, -0.25) is 14.4 Å². The first kappa shape index (κ1) is 47.3. The van der Waals surface area contributed by atoms with Gasteiger partial charge in [-0.2, -0.15) is 18.4 Å². The normalized spacial score (nSPS) is 15.5. The number of carbonyl (C=O) groups is 5. The van der Waals surface area contributed by atoms with E-state index in [-0.39, 0.29) is 36.0 Å². The molecule has 1 aliphatic carbocycles. The predicted octanol–water partition coefficient (Wildman–Crippen LogP) is 5.68. The van der Waals surface area contributed by atoms with Crippen molar-refractivity contribution in [2.24, 2.45) is 11.8 Å². The summed E-state index contributed by atoms with van der Waals surface area (Å²) in [5, 5.41) is 41.5. The van der Waals surface area contributed by atoms with E-state index < -0.39 is 24.3 Å². The Balaban J connectivity index is 0.00000107. The number of aromatic nitrogens is 4. The second kappa shape index (κ2) is 22.8. The van der Waals surface area contributed by atoms with Gasteiger partial charge in [0.25, 0.3) is 5.91 Å². The number of carboxylic acid groups (broad SMARTS) is 2. The van der Waals surface area contributed by atoms with Crippen molar-refractivity contribution in [3.63, 3.8) is 0 Å². The number of aliphatic carboxylic acids is 1. The Hall–Kier alpha value is -6.37. The first-order valence-corrected chi connectivity index (χ1v) is 20.0. The van der Waals surface area contributed by atoms with Crippen LogP contribution < -0.4 is 21.3 Å². The number of hydrogen-bond donors (Lipinski definition) is 7. The summed E-state index contributed by atoms with van der Waals surface area (Å²) in [6, 6.07) is 19.7. The number of aryl methyl sites for hydroxylation is 1. The number of carboxylic acids is 1. The number of alkyl halides is 3. The summed E-state index contributed by atoms with van der Waals surface area (Å²) < 4.78 is 31.7. The summed E-state index contributed by atoms with van der Waals surface area (Å²) in [5.74, 6) is -3.07. The zero-order chi connectivity index (χ0) is 44.5. The van der Waals surface area contributed by atoms with Crippen molar-refractivity contribution in [1.82, 2.24) is 41.5 Å². The first-order chi connectivity index (χ1) is 29.1. The second-order valence-electron chi connectivity index (χ2n) is 14.6.